The van der Waals surface area contributed by atoms with E-state index in [0.717, 1.165) is 0 Å². The number of hydrazone groups is 1. The smallest absolute Gasteiger partial charge is 0.329 e. The summed E-state index contributed by atoms with van der Waals surface area (Å²) in [7, 11) is 3.40. The molecule has 1 aromatic carbocycles. The fourth-order valence-corrected chi connectivity index (χ4v) is 1.69. The van der Waals surface area contributed by atoms with Crippen molar-refractivity contribution in [3.8, 4) is 0 Å². The average Bonchev–Trinajstić information content (AvgIpc) is 2.45. The summed E-state index contributed by atoms with van der Waals surface area (Å²) in [5.74, 6) is -1.71. The van der Waals surface area contributed by atoms with Crippen LogP contribution in [0.25, 0.3) is 0 Å². The zero-order chi connectivity index (χ0) is 17.6. The maximum Gasteiger partial charge on any atom is 0.329 e. The van der Waals surface area contributed by atoms with E-state index < -0.39 is 16.7 Å². The molecule has 0 saturated carbocycles. The van der Waals surface area contributed by atoms with E-state index in [-0.39, 0.29) is 11.7 Å². The number of nitrogens with zero attached hydrogens (tertiary/aromatic N) is 3. The first-order valence-corrected chi connectivity index (χ1v) is 6.82. The van der Waals surface area contributed by atoms with Gasteiger partial charge in [0.25, 0.3) is 5.69 Å². The molecule has 0 radical (unpaired) electrons. The lowest BCUT2D eigenvalue weighted by Crippen LogP contribution is -2.41. The van der Waals surface area contributed by atoms with Gasteiger partial charge in [0.15, 0.2) is 0 Å². The van der Waals surface area contributed by atoms with Crippen LogP contribution in [0.1, 0.15) is 19.4 Å². The zero-order valence-corrected chi connectivity index (χ0v) is 13.4. The highest BCUT2D eigenvalue weighted by Crippen LogP contribution is 2.26. The van der Waals surface area contributed by atoms with E-state index >= 15 is 0 Å². The maximum atomic E-state index is 11.4. The third kappa shape index (κ3) is 5.38. The molecule has 0 unspecified atom stereocenters. The Hall–Kier alpha value is -2.97. The van der Waals surface area contributed by atoms with E-state index in [4.69, 9.17) is 0 Å². The maximum absolute atomic E-state index is 11.4. The van der Waals surface area contributed by atoms with Crippen LogP contribution in [-0.2, 0) is 9.59 Å². The van der Waals surface area contributed by atoms with Crippen molar-refractivity contribution >= 4 is 29.4 Å². The minimum atomic E-state index is -0.908. The summed E-state index contributed by atoms with van der Waals surface area (Å²) < 4.78 is 0. The van der Waals surface area contributed by atoms with Crippen molar-refractivity contribution in [2.45, 2.75) is 19.9 Å². The molecule has 9 heteroatoms. The first-order valence-electron chi connectivity index (χ1n) is 6.82. The Labute approximate surface area is 133 Å². The number of nitro benzene ring substituents is 1. The van der Waals surface area contributed by atoms with Gasteiger partial charge in [-0.1, -0.05) is 6.07 Å². The van der Waals surface area contributed by atoms with E-state index in [1.54, 1.807) is 45.0 Å². The van der Waals surface area contributed by atoms with E-state index in [9.17, 15) is 19.7 Å². The van der Waals surface area contributed by atoms with Crippen LogP contribution in [0.5, 0.6) is 0 Å². The van der Waals surface area contributed by atoms with Crippen LogP contribution in [0.3, 0.4) is 0 Å². The van der Waals surface area contributed by atoms with Gasteiger partial charge >= 0.3 is 11.8 Å². The van der Waals surface area contributed by atoms with Gasteiger partial charge in [-0.15, -0.1) is 0 Å². The number of nitrogens with one attached hydrogen (secondary N) is 2. The van der Waals surface area contributed by atoms with Crippen LogP contribution in [0, 0.1) is 10.1 Å². The van der Waals surface area contributed by atoms with Crippen molar-refractivity contribution in [3.05, 3.63) is 33.9 Å². The topological polar surface area (TPSA) is 117 Å². The molecule has 0 heterocycles. The van der Waals surface area contributed by atoms with Gasteiger partial charge in [-0.05, 0) is 19.9 Å². The fourth-order valence-electron chi connectivity index (χ4n) is 1.69. The zero-order valence-electron chi connectivity index (χ0n) is 13.4. The number of carbonyl (C=O) groups is 2. The van der Waals surface area contributed by atoms with Crippen molar-refractivity contribution in [2.75, 3.05) is 19.0 Å². The summed E-state index contributed by atoms with van der Waals surface area (Å²) in [6.07, 6.45) is 1.23. The van der Waals surface area contributed by atoms with Gasteiger partial charge in [0.2, 0.25) is 0 Å². The second-order valence-corrected chi connectivity index (χ2v) is 5.23. The lowest BCUT2D eigenvalue weighted by molar-refractivity contribution is -0.384. The van der Waals surface area contributed by atoms with E-state index in [0.29, 0.717) is 11.3 Å². The number of hydrogen-bond acceptors (Lipinski definition) is 6. The molecule has 1 aromatic rings. The number of amides is 2. The van der Waals surface area contributed by atoms with Crippen LogP contribution < -0.4 is 15.6 Å². The highest BCUT2D eigenvalue weighted by Gasteiger charge is 2.16. The van der Waals surface area contributed by atoms with Gasteiger partial charge in [-0.2, -0.15) is 5.10 Å². The second kappa shape index (κ2) is 7.87. The number of anilines is 1. The molecule has 2 N–H and O–H groups in total. The molecule has 0 aliphatic heterocycles. The first kappa shape index (κ1) is 18.1. The van der Waals surface area contributed by atoms with Crippen molar-refractivity contribution in [1.82, 2.24) is 10.7 Å². The molecule has 0 saturated heterocycles. The van der Waals surface area contributed by atoms with Crippen LogP contribution in [-0.4, -0.2) is 43.1 Å². The highest BCUT2D eigenvalue weighted by atomic mass is 16.6. The third-order valence-electron chi connectivity index (χ3n) is 2.68. The standard InChI is InChI=1S/C14H19N5O4/c1-9(2)16-13(20)14(21)17-15-8-10-5-6-11(18(3)4)12(7-10)19(22)23/h5-9H,1-4H3,(H,16,20)(H,17,21)/b15-8-. The van der Waals surface area contributed by atoms with Crippen LogP contribution in [0.2, 0.25) is 0 Å². The molecule has 124 valence electrons. The van der Waals surface area contributed by atoms with Gasteiger partial charge in [-0.3, -0.25) is 19.7 Å². The van der Waals surface area contributed by atoms with Crippen LogP contribution >= 0.6 is 0 Å². The second-order valence-electron chi connectivity index (χ2n) is 5.23. The normalized spacial score (nSPS) is 10.7. The molecular formula is C14H19N5O4. The molecule has 0 aliphatic rings. The predicted octanol–water partition coefficient (Wildman–Crippen LogP) is 0.635. The lowest BCUT2D eigenvalue weighted by Gasteiger charge is -2.12. The molecule has 0 fully saturated rings. The molecular weight excluding hydrogens is 302 g/mol. The summed E-state index contributed by atoms with van der Waals surface area (Å²) >= 11 is 0. The first-order chi connectivity index (χ1) is 10.7. The number of benzene rings is 1. The average molecular weight is 321 g/mol. The molecule has 0 bridgehead atoms. The van der Waals surface area contributed by atoms with Crippen molar-refractivity contribution < 1.29 is 14.5 Å². The van der Waals surface area contributed by atoms with Gasteiger partial charge in [0, 0.05) is 31.8 Å². The van der Waals surface area contributed by atoms with Gasteiger partial charge in [0.05, 0.1) is 11.1 Å². The summed E-state index contributed by atoms with van der Waals surface area (Å²) in [6, 6.07) is 4.36. The Bertz CT molecular complexity index is 640. The van der Waals surface area contributed by atoms with E-state index in [2.05, 4.69) is 15.8 Å². The lowest BCUT2D eigenvalue weighted by atomic mass is 10.2. The molecule has 9 nitrogen and oxygen atoms in total. The molecule has 1 rings (SSSR count). The van der Waals surface area contributed by atoms with Gasteiger partial charge in [0.1, 0.15) is 5.69 Å². The quantitative estimate of drug-likeness (QED) is 0.357. The van der Waals surface area contributed by atoms with Crippen LogP contribution in [0.4, 0.5) is 11.4 Å². The fraction of sp³-hybridized carbons (Fsp3) is 0.357. The summed E-state index contributed by atoms with van der Waals surface area (Å²) in [5, 5.41) is 17.1. The third-order valence-corrected chi connectivity index (χ3v) is 2.68. The molecule has 2 amide bonds. The Balaban J connectivity index is 2.81. The monoisotopic (exact) mass is 321 g/mol. The highest BCUT2D eigenvalue weighted by molar-refractivity contribution is 6.35. The van der Waals surface area contributed by atoms with Crippen molar-refractivity contribution in [3.63, 3.8) is 0 Å². The van der Waals surface area contributed by atoms with Gasteiger partial charge in [-0.25, -0.2) is 5.43 Å². The molecule has 0 aromatic heterocycles. The van der Waals surface area contributed by atoms with E-state index in [1.165, 1.54) is 12.3 Å². The molecule has 0 atom stereocenters. The summed E-state index contributed by atoms with van der Waals surface area (Å²) in [5.41, 5.74) is 2.85. The molecule has 0 aliphatic carbocycles. The van der Waals surface area contributed by atoms with Crippen molar-refractivity contribution in [2.24, 2.45) is 5.10 Å². The number of nitro groups is 1. The number of rotatable bonds is 5. The van der Waals surface area contributed by atoms with Gasteiger partial charge < -0.3 is 10.2 Å². The van der Waals surface area contributed by atoms with Crippen molar-refractivity contribution in [1.29, 1.82) is 0 Å². The summed E-state index contributed by atoms with van der Waals surface area (Å²) in [4.78, 5) is 35.0. The Morgan fingerprint density at radius 1 is 1.30 bits per heavy atom. The summed E-state index contributed by atoms with van der Waals surface area (Å²) in [6.45, 7) is 3.44. The predicted molar refractivity (Wildman–Crippen MR) is 86.4 cm³/mol. The van der Waals surface area contributed by atoms with Crippen LogP contribution in [0.15, 0.2) is 23.3 Å². The van der Waals surface area contributed by atoms with E-state index in [1.807, 2.05) is 0 Å². The Morgan fingerprint density at radius 3 is 2.48 bits per heavy atom. The largest absolute Gasteiger partial charge is 0.372 e. The minimum Gasteiger partial charge on any atom is -0.372 e. The Morgan fingerprint density at radius 2 is 1.96 bits per heavy atom. The Kier molecular flexibility index (Phi) is 6.19. The molecule has 0 spiro atoms. The minimum absolute atomic E-state index is 0.0807. The SMILES string of the molecule is CC(C)NC(=O)C(=O)N/N=C\c1ccc(N(C)C)c([N+](=O)[O-])c1. The molecule has 23 heavy (non-hydrogen) atoms. The number of hydrogen-bond donors (Lipinski definition) is 2. The number of carbonyl (C=O) groups excluding carboxylic acids is 2.